The fraction of sp³-hybridized carbons (Fsp3) is 0.836. The molecule has 0 heterocycles. The van der Waals surface area contributed by atoms with Crippen molar-refractivity contribution in [2.75, 3.05) is 26.4 Å². The summed E-state index contributed by atoms with van der Waals surface area (Å²) in [5.41, 5.74) is 5.39. The fourth-order valence-corrected chi connectivity index (χ4v) is 16.7. The number of rotatable bonds is 16. The van der Waals surface area contributed by atoms with Crippen molar-refractivity contribution in [3.8, 4) is 0 Å². The lowest BCUT2D eigenvalue weighted by Gasteiger charge is -2.57. The van der Waals surface area contributed by atoms with E-state index in [0.717, 1.165) is 116 Å². The number of fused-ring (bicyclic) bond motifs is 6. The molecule has 10 atom stereocenters. The molecule has 69 heavy (non-hydrogen) atoms. The molecule has 0 aromatic rings. The minimum Gasteiger partial charge on any atom is -0.462 e. The van der Waals surface area contributed by atoms with Gasteiger partial charge in [0.15, 0.2) is 0 Å². The van der Waals surface area contributed by atoms with Crippen molar-refractivity contribution in [3.63, 3.8) is 0 Å². The highest BCUT2D eigenvalue weighted by molar-refractivity contribution is 5.78. The quantitative estimate of drug-likeness (QED) is 0.147. The second-order valence-corrected chi connectivity index (χ2v) is 26.4. The minimum absolute atomic E-state index is 0.0135. The summed E-state index contributed by atoms with van der Waals surface area (Å²) in [4.78, 5) is 27.8. The maximum Gasteiger partial charge on any atom is 0.312 e. The Labute approximate surface area is 418 Å². The SMILES string of the molecule is CC(C)C1=CC2=CCC3C(C)(C(=O)OCC(O)COC4CCC(C(C)(C)C5CCC(OCC(O)COC(=O)C6(C)CCCC7(C)C8CCC(C(C)C)=CC8=CCC67)CC5)CC4)CCCC3(C)C2CC1. The highest BCUT2D eigenvalue weighted by atomic mass is 16.6. The number of hydrogen-bond acceptors (Lipinski definition) is 8. The van der Waals surface area contributed by atoms with Crippen LogP contribution in [-0.2, 0) is 28.5 Å². The number of carbonyl (C=O) groups is 2. The molecular weight excluding hydrogens is 861 g/mol. The van der Waals surface area contributed by atoms with E-state index in [1.807, 2.05) is 0 Å². The van der Waals surface area contributed by atoms with Crippen molar-refractivity contribution >= 4 is 11.9 Å². The Kier molecular flexibility index (Phi) is 16.4. The van der Waals surface area contributed by atoms with Crippen LogP contribution in [0.4, 0.5) is 0 Å². The standard InChI is InChI=1S/C61H96O8/c1-39(2)41-13-25-51-43(33-41)15-27-53-58(51,7)29-11-31-60(53,9)55(64)68-37-47(62)35-66-49-21-17-45(18-22-49)57(5,6)46-19-23-50(24-20-46)67-36-48(63)38-69-56(65)61(10)32-12-30-59(8)52-26-14-42(40(3)4)34-44(52)16-28-54(59)61/h15-16,33-34,39-40,45-54,62-63H,11-14,17-32,35-38H2,1-10H3. The van der Waals surface area contributed by atoms with Gasteiger partial charge in [0.05, 0.1) is 36.3 Å². The lowest BCUT2D eigenvalue weighted by molar-refractivity contribution is -0.174. The molecule has 0 aromatic carbocycles. The van der Waals surface area contributed by atoms with Crippen LogP contribution in [0.25, 0.3) is 0 Å². The van der Waals surface area contributed by atoms with Gasteiger partial charge in [-0.25, -0.2) is 0 Å². The number of aliphatic hydroxyl groups excluding tert-OH is 2. The van der Waals surface area contributed by atoms with Gasteiger partial charge in [0.25, 0.3) is 0 Å². The number of ether oxygens (including phenoxy) is 4. The average Bonchev–Trinajstić information content (AvgIpc) is 3.33. The Morgan fingerprint density at radius 1 is 0.580 bits per heavy atom. The molecule has 2 N–H and O–H groups in total. The monoisotopic (exact) mass is 957 g/mol. The van der Waals surface area contributed by atoms with Crippen LogP contribution in [0.3, 0.4) is 0 Å². The third-order valence-electron chi connectivity index (χ3n) is 21.4. The van der Waals surface area contributed by atoms with E-state index in [1.165, 1.54) is 24.0 Å². The lowest BCUT2D eigenvalue weighted by atomic mass is 9.47. The van der Waals surface area contributed by atoms with Gasteiger partial charge in [-0.2, -0.15) is 0 Å². The Morgan fingerprint density at radius 3 is 1.32 bits per heavy atom. The summed E-state index contributed by atoms with van der Waals surface area (Å²) in [5.74, 6) is 3.60. The van der Waals surface area contributed by atoms with Crippen molar-refractivity contribution in [2.45, 2.75) is 222 Å². The molecule has 8 heteroatoms. The van der Waals surface area contributed by atoms with Gasteiger partial charge in [0.2, 0.25) is 0 Å². The predicted molar refractivity (Wildman–Crippen MR) is 275 cm³/mol. The van der Waals surface area contributed by atoms with Crippen LogP contribution in [0.1, 0.15) is 198 Å². The maximum absolute atomic E-state index is 13.9. The zero-order chi connectivity index (χ0) is 49.5. The molecule has 0 saturated heterocycles. The number of allylic oxidation sites excluding steroid dienone is 8. The van der Waals surface area contributed by atoms with Crippen LogP contribution < -0.4 is 0 Å². The van der Waals surface area contributed by atoms with Crippen LogP contribution in [0, 0.1) is 74.4 Å². The summed E-state index contributed by atoms with van der Waals surface area (Å²) in [6.07, 6.45) is 29.3. The van der Waals surface area contributed by atoms with E-state index in [0.29, 0.717) is 35.5 Å². The van der Waals surface area contributed by atoms with Gasteiger partial charge in [0.1, 0.15) is 25.4 Å². The van der Waals surface area contributed by atoms with Crippen molar-refractivity contribution in [2.24, 2.45) is 74.4 Å². The lowest BCUT2D eigenvalue weighted by Crippen LogP contribution is -2.53. The van der Waals surface area contributed by atoms with Crippen LogP contribution >= 0.6 is 0 Å². The topological polar surface area (TPSA) is 112 Å². The van der Waals surface area contributed by atoms with Crippen LogP contribution in [0.5, 0.6) is 0 Å². The Bertz CT molecular complexity index is 1810. The number of carbonyl (C=O) groups excluding carboxylic acids is 2. The van der Waals surface area contributed by atoms with Gasteiger partial charge in [-0.1, -0.05) is 104 Å². The van der Waals surface area contributed by atoms with E-state index < -0.39 is 23.0 Å². The van der Waals surface area contributed by atoms with Crippen LogP contribution in [0.2, 0.25) is 0 Å². The molecule has 10 unspecified atom stereocenters. The first kappa shape index (κ1) is 53.0. The molecule has 0 amide bonds. The highest BCUT2D eigenvalue weighted by Gasteiger charge is 2.59. The summed E-state index contributed by atoms with van der Waals surface area (Å²) < 4.78 is 24.5. The van der Waals surface area contributed by atoms with Gasteiger partial charge in [-0.15, -0.1) is 0 Å². The largest absolute Gasteiger partial charge is 0.462 e. The maximum atomic E-state index is 13.9. The van der Waals surface area contributed by atoms with Gasteiger partial charge in [0, 0.05) is 0 Å². The zero-order valence-corrected chi connectivity index (χ0v) is 45.1. The normalized spacial score (nSPS) is 39.0. The molecule has 0 bridgehead atoms. The van der Waals surface area contributed by atoms with E-state index in [1.54, 1.807) is 11.1 Å². The van der Waals surface area contributed by atoms with Gasteiger partial charge in [-0.05, 0) is 204 Å². The summed E-state index contributed by atoms with van der Waals surface area (Å²) in [6.45, 7) is 23.6. The number of esters is 2. The first-order valence-electron chi connectivity index (χ1n) is 28.4. The molecule has 0 radical (unpaired) electrons. The fourth-order valence-electron chi connectivity index (χ4n) is 16.7. The molecule has 0 spiro atoms. The number of hydrogen-bond donors (Lipinski definition) is 2. The van der Waals surface area contributed by atoms with Gasteiger partial charge < -0.3 is 29.2 Å². The van der Waals surface area contributed by atoms with E-state index in [9.17, 15) is 19.8 Å². The van der Waals surface area contributed by atoms with E-state index in [2.05, 4.69) is 93.5 Å². The average molecular weight is 957 g/mol. The molecule has 8 aliphatic carbocycles. The van der Waals surface area contributed by atoms with E-state index in [-0.39, 0.29) is 78.7 Å². The molecular formula is C61H96O8. The molecule has 0 aliphatic heterocycles. The van der Waals surface area contributed by atoms with E-state index in [4.69, 9.17) is 18.9 Å². The third kappa shape index (κ3) is 10.7. The van der Waals surface area contributed by atoms with Crippen molar-refractivity contribution in [1.82, 2.24) is 0 Å². The molecule has 8 nitrogen and oxygen atoms in total. The molecule has 0 aromatic heterocycles. The highest BCUT2D eigenvalue weighted by Crippen LogP contribution is 2.64. The number of aliphatic hydroxyl groups is 2. The first-order chi connectivity index (χ1) is 32.7. The van der Waals surface area contributed by atoms with E-state index >= 15 is 0 Å². The third-order valence-corrected chi connectivity index (χ3v) is 21.4. The summed E-state index contributed by atoms with van der Waals surface area (Å²) in [7, 11) is 0. The predicted octanol–water partition coefficient (Wildman–Crippen LogP) is 13.2. The van der Waals surface area contributed by atoms with Gasteiger partial charge >= 0.3 is 11.9 Å². The second kappa shape index (κ2) is 21.3. The van der Waals surface area contributed by atoms with Crippen molar-refractivity contribution < 1.29 is 38.7 Å². The van der Waals surface area contributed by atoms with Crippen molar-refractivity contribution in [3.05, 3.63) is 46.6 Å². The van der Waals surface area contributed by atoms with Crippen molar-refractivity contribution in [1.29, 1.82) is 0 Å². The first-order valence-corrected chi connectivity index (χ1v) is 28.4. The summed E-state index contributed by atoms with van der Waals surface area (Å²) in [6, 6.07) is 0. The molecule has 4 fully saturated rings. The zero-order valence-electron chi connectivity index (χ0n) is 45.1. The Balaban J connectivity index is 0.719. The molecule has 8 rings (SSSR count). The summed E-state index contributed by atoms with van der Waals surface area (Å²) >= 11 is 0. The molecule has 8 aliphatic rings. The van der Waals surface area contributed by atoms with Crippen LogP contribution in [0.15, 0.2) is 46.6 Å². The molecule has 388 valence electrons. The Morgan fingerprint density at radius 2 is 0.957 bits per heavy atom. The minimum atomic E-state index is -0.830. The summed E-state index contributed by atoms with van der Waals surface area (Å²) in [5, 5.41) is 22.0. The smallest absolute Gasteiger partial charge is 0.312 e. The molecule has 4 saturated carbocycles. The Hall–Kier alpha value is -2.26. The van der Waals surface area contributed by atoms with Crippen LogP contribution in [-0.4, -0.2) is 73.0 Å². The second-order valence-electron chi connectivity index (χ2n) is 26.4. The van der Waals surface area contributed by atoms with Gasteiger partial charge in [-0.3, -0.25) is 9.59 Å².